The van der Waals surface area contributed by atoms with Crippen LogP contribution in [0.5, 0.6) is 0 Å². The molecule has 106 valence electrons. The van der Waals surface area contributed by atoms with Gasteiger partial charge in [0.15, 0.2) is 0 Å². The fourth-order valence-electron chi connectivity index (χ4n) is 2.27. The van der Waals surface area contributed by atoms with Gasteiger partial charge in [-0.1, -0.05) is 6.07 Å². The summed E-state index contributed by atoms with van der Waals surface area (Å²) in [4.78, 5) is 16.1. The van der Waals surface area contributed by atoms with Gasteiger partial charge in [0.1, 0.15) is 5.56 Å². The fourth-order valence-corrected chi connectivity index (χ4v) is 2.27. The summed E-state index contributed by atoms with van der Waals surface area (Å²) in [6.07, 6.45) is 3.31. The standard InChI is InChI=1S/C16H15N3O2/c1-3-21-16(20)14-10-18-19(11(14)2)13-6-7-15-12(9-13)5-4-8-17-15/h4-10H,3H2,1-2H3. The van der Waals surface area contributed by atoms with Gasteiger partial charge in [0.05, 0.1) is 29.7 Å². The Bertz CT molecular complexity index is 808. The Morgan fingerprint density at radius 3 is 3.00 bits per heavy atom. The van der Waals surface area contributed by atoms with E-state index in [1.165, 1.54) is 0 Å². The number of carbonyl (C=O) groups is 1. The van der Waals surface area contributed by atoms with Crippen molar-refractivity contribution in [2.45, 2.75) is 13.8 Å². The summed E-state index contributed by atoms with van der Waals surface area (Å²) in [5.74, 6) is -0.344. The number of benzene rings is 1. The number of rotatable bonds is 3. The molecule has 0 atom stereocenters. The first-order valence-corrected chi connectivity index (χ1v) is 6.77. The second-order valence-electron chi connectivity index (χ2n) is 4.66. The summed E-state index contributed by atoms with van der Waals surface area (Å²) in [6, 6.07) is 9.76. The zero-order chi connectivity index (χ0) is 14.8. The van der Waals surface area contributed by atoms with E-state index in [1.54, 1.807) is 24.0 Å². The number of pyridine rings is 1. The largest absolute Gasteiger partial charge is 0.462 e. The van der Waals surface area contributed by atoms with Crippen LogP contribution in [0.4, 0.5) is 0 Å². The van der Waals surface area contributed by atoms with Gasteiger partial charge in [-0.05, 0) is 38.1 Å². The summed E-state index contributed by atoms with van der Waals surface area (Å²) in [7, 11) is 0. The maximum absolute atomic E-state index is 11.8. The Morgan fingerprint density at radius 2 is 2.19 bits per heavy atom. The molecule has 0 unspecified atom stereocenters. The molecule has 3 rings (SSSR count). The Kier molecular flexibility index (Phi) is 3.39. The average Bonchev–Trinajstić information content (AvgIpc) is 2.89. The number of nitrogens with zero attached hydrogens (tertiary/aromatic N) is 3. The van der Waals surface area contributed by atoms with E-state index in [9.17, 15) is 4.79 Å². The number of aromatic nitrogens is 3. The molecule has 0 aliphatic rings. The maximum Gasteiger partial charge on any atom is 0.341 e. The molecule has 0 aliphatic carbocycles. The van der Waals surface area contributed by atoms with Crippen molar-refractivity contribution in [1.82, 2.24) is 14.8 Å². The second-order valence-corrected chi connectivity index (χ2v) is 4.66. The molecule has 0 spiro atoms. The monoisotopic (exact) mass is 281 g/mol. The van der Waals surface area contributed by atoms with Crippen molar-refractivity contribution < 1.29 is 9.53 Å². The molecule has 0 amide bonds. The van der Waals surface area contributed by atoms with Crippen LogP contribution in [0.2, 0.25) is 0 Å². The van der Waals surface area contributed by atoms with E-state index in [0.29, 0.717) is 12.2 Å². The van der Waals surface area contributed by atoms with Crippen molar-refractivity contribution in [3.63, 3.8) is 0 Å². The third kappa shape index (κ3) is 2.38. The van der Waals surface area contributed by atoms with Gasteiger partial charge in [-0.15, -0.1) is 0 Å². The predicted molar refractivity (Wildman–Crippen MR) is 79.6 cm³/mol. The molecule has 3 aromatic rings. The fraction of sp³-hybridized carbons (Fsp3) is 0.188. The molecule has 1 aromatic carbocycles. The van der Waals surface area contributed by atoms with Crippen LogP contribution in [0.3, 0.4) is 0 Å². The van der Waals surface area contributed by atoms with E-state index in [-0.39, 0.29) is 5.97 Å². The molecular formula is C16H15N3O2. The van der Waals surface area contributed by atoms with Crippen molar-refractivity contribution in [3.05, 3.63) is 54.0 Å². The van der Waals surface area contributed by atoms with Gasteiger partial charge in [-0.25, -0.2) is 9.48 Å². The van der Waals surface area contributed by atoms with Gasteiger partial charge >= 0.3 is 5.97 Å². The minimum Gasteiger partial charge on any atom is -0.462 e. The molecule has 0 saturated heterocycles. The lowest BCUT2D eigenvalue weighted by molar-refractivity contribution is 0.0525. The summed E-state index contributed by atoms with van der Waals surface area (Å²) in [5, 5.41) is 5.32. The van der Waals surface area contributed by atoms with E-state index in [1.807, 2.05) is 37.3 Å². The Hall–Kier alpha value is -2.69. The lowest BCUT2D eigenvalue weighted by Gasteiger charge is -2.06. The van der Waals surface area contributed by atoms with Gasteiger partial charge < -0.3 is 4.74 Å². The molecule has 2 aromatic heterocycles. The molecule has 0 saturated carbocycles. The molecule has 0 aliphatic heterocycles. The normalized spacial score (nSPS) is 10.8. The topological polar surface area (TPSA) is 57.0 Å². The van der Waals surface area contributed by atoms with E-state index >= 15 is 0 Å². The molecule has 0 N–H and O–H groups in total. The van der Waals surface area contributed by atoms with Crippen molar-refractivity contribution in [2.24, 2.45) is 0 Å². The maximum atomic E-state index is 11.8. The van der Waals surface area contributed by atoms with Crippen LogP contribution in [-0.2, 0) is 4.74 Å². The van der Waals surface area contributed by atoms with Crippen LogP contribution in [0, 0.1) is 6.92 Å². The third-order valence-corrected chi connectivity index (χ3v) is 3.34. The van der Waals surface area contributed by atoms with Crippen molar-refractivity contribution in [3.8, 4) is 5.69 Å². The number of ether oxygens (including phenoxy) is 1. The van der Waals surface area contributed by atoms with E-state index < -0.39 is 0 Å². The van der Waals surface area contributed by atoms with E-state index in [0.717, 1.165) is 22.3 Å². The van der Waals surface area contributed by atoms with Crippen LogP contribution in [0.15, 0.2) is 42.7 Å². The first-order valence-electron chi connectivity index (χ1n) is 6.77. The van der Waals surface area contributed by atoms with Crippen LogP contribution in [0.25, 0.3) is 16.6 Å². The lowest BCUT2D eigenvalue weighted by Crippen LogP contribution is -2.06. The van der Waals surface area contributed by atoms with Gasteiger partial charge in [0, 0.05) is 11.6 Å². The van der Waals surface area contributed by atoms with Crippen LogP contribution in [0.1, 0.15) is 23.0 Å². The first-order chi connectivity index (χ1) is 10.2. The number of carbonyl (C=O) groups excluding carboxylic acids is 1. The van der Waals surface area contributed by atoms with Gasteiger partial charge in [-0.3, -0.25) is 4.98 Å². The van der Waals surface area contributed by atoms with Crippen LogP contribution in [-0.4, -0.2) is 27.3 Å². The summed E-state index contributed by atoms with van der Waals surface area (Å²) < 4.78 is 6.76. The van der Waals surface area contributed by atoms with Gasteiger partial charge in [-0.2, -0.15) is 5.10 Å². The molecule has 0 bridgehead atoms. The molecule has 5 nitrogen and oxygen atoms in total. The highest BCUT2D eigenvalue weighted by atomic mass is 16.5. The number of hydrogen-bond acceptors (Lipinski definition) is 4. The minimum atomic E-state index is -0.344. The molecule has 0 radical (unpaired) electrons. The number of esters is 1. The average molecular weight is 281 g/mol. The van der Waals surface area contributed by atoms with E-state index in [4.69, 9.17) is 4.74 Å². The summed E-state index contributed by atoms with van der Waals surface area (Å²) in [6.45, 7) is 3.99. The highest BCUT2D eigenvalue weighted by Crippen LogP contribution is 2.19. The van der Waals surface area contributed by atoms with E-state index in [2.05, 4.69) is 10.1 Å². The van der Waals surface area contributed by atoms with Gasteiger partial charge in [0.25, 0.3) is 0 Å². The zero-order valence-electron chi connectivity index (χ0n) is 11.9. The van der Waals surface area contributed by atoms with Crippen LogP contribution >= 0.6 is 0 Å². The van der Waals surface area contributed by atoms with Crippen molar-refractivity contribution in [2.75, 3.05) is 6.61 Å². The smallest absolute Gasteiger partial charge is 0.341 e. The second kappa shape index (κ2) is 5.36. The Labute approximate surface area is 122 Å². The zero-order valence-corrected chi connectivity index (χ0v) is 11.9. The molecule has 0 fully saturated rings. The molecule has 21 heavy (non-hydrogen) atoms. The SMILES string of the molecule is CCOC(=O)c1cnn(-c2ccc3ncccc3c2)c1C. The van der Waals surface area contributed by atoms with Crippen molar-refractivity contribution in [1.29, 1.82) is 0 Å². The highest BCUT2D eigenvalue weighted by Gasteiger charge is 2.16. The summed E-state index contributed by atoms with van der Waals surface area (Å²) in [5.41, 5.74) is 3.07. The molecular weight excluding hydrogens is 266 g/mol. The van der Waals surface area contributed by atoms with Crippen LogP contribution < -0.4 is 0 Å². The number of fused-ring (bicyclic) bond motifs is 1. The minimum absolute atomic E-state index is 0.344. The third-order valence-electron chi connectivity index (χ3n) is 3.34. The highest BCUT2D eigenvalue weighted by molar-refractivity contribution is 5.90. The molecule has 2 heterocycles. The summed E-state index contributed by atoms with van der Waals surface area (Å²) >= 11 is 0. The predicted octanol–water partition coefficient (Wildman–Crippen LogP) is 2.91. The Balaban J connectivity index is 2.04. The molecule has 5 heteroatoms. The number of hydrogen-bond donors (Lipinski definition) is 0. The van der Waals surface area contributed by atoms with Crippen molar-refractivity contribution >= 4 is 16.9 Å². The first kappa shape index (κ1) is 13.3. The Morgan fingerprint density at radius 1 is 1.33 bits per heavy atom. The lowest BCUT2D eigenvalue weighted by atomic mass is 10.2. The van der Waals surface area contributed by atoms with Gasteiger partial charge in [0.2, 0.25) is 0 Å². The quantitative estimate of drug-likeness (QED) is 0.693.